The SMILES string of the molecule is CC(C)Oc1cc(N2CCC(C(C)O)C2)c(N)cc1F. The van der Waals surface area contributed by atoms with Gasteiger partial charge in [0.25, 0.3) is 0 Å². The molecule has 1 heterocycles. The molecule has 112 valence electrons. The molecule has 20 heavy (non-hydrogen) atoms. The van der Waals surface area contributed by atoms with Gasteiger partial charge in [-0.1, -0.05) is 0 Å². The Balaban J connectivity index is 2.23. The van der Waals surface area contributed by atoms with Gasteiger partial charge in [-0.15, -0.1) is 0 Å². The highest BCUT2D eigenvalue weighted by Gasteiger charge is 2.27. The molecule has 0 spiro atoms. The van der Waals surface area contributed by atoms with Gasteiger partial charge in [0.1, 0.15) is 0 Å². The van der Waals surface area contributed by atoms with Gasteiger partial charge in [-0.05, 0) is 27.2 Å². The summed E-state index contributed by atoms with van der Waals surface area (Å²) in [6, 6.07) is 2.97. The maximum Gasteiger partial charge on any atom is 0.167 e. The maximum atomic E-state index is 13.8. The first-order valence-corrected chi connectivity index (χ1v) is 7.07. The van der Waals surface area contributed by atoms with Crippen molar-refractivity contribution in [1.29, 1.82) is 0 Å². The summed E-state index contributed by atoms with van der Waals surface area (Å²) in [7, 11) is 0. The van der Waals surface area contributed by atoms with Gasteiger partial charge in [0.15, 0.2) is 11.6 Å². The van der Waals surface area contributed by atoms with Crippen molar-refractivity contribution in [1.82, 2.24) is 0 Å². The second-order valence-electron chi connectivity index (χ2n) is 5.74. The van der Waals surface area contributed by atoms with E-state index < -0.39 is 5.82 Å². The molecule has 0 aliphatic carbocycles. The molecule has 1 aromatic carbocycles. The van der Waals surface area contributed by atoms with Crippen LogP contribution >= 0.6 is 0 Å². The van der Waals surface area contributed by atoms with E-state index in [0.29, 0.717) is 5.69 Å². The number of nitrogens with two attached hydrogens (primary N) is 1. The summed E-state index contributed by atoms with van der Waals surface area (Å²) in [5.74, 6) is 0.0184. The third kappa shape index (κ3) is 3.15. The molecule has 4 nitrogen and oxygen atoms in total. The average molecular weight is 282 g/mol. The van der Waals surface area contributed by atoms with Crippen molar-refractivity contribution in [2.24, 2.45) is 5.92 Å². The molecule has 1 saturated heterocycles. The smallest absolute Gasteiger partial charge is 0.167 e. The molecule has 0 amide bonds. The second kappa shape index (κ2) is 5.87. The summed E-state index contributed by atoms with van der Waals surface area (Å²) in [6.07, 6.45) is 0.479. The van der Waals surface area contributed by atoms with Crippen LogP contribution in [-0.2, 0) is 0 Å². The monoisotopic (exact) mass is 282 g/mol. The number of anilines is 2. The Kier molecular flexibility index (Phi) is 4.38. The largest absolute Gasteiger partial charge is 0.488 e. The summed E-state index contributed by atoms with van der Waals surface area (Å²) in [5, 5.41) is 9.66. The lowest BCUT2D eigenvalue weighted by molar-refractivity contribution is 0.136. The Hall–Kier alpha value is -1.49. The molecule has 3 N–H and O–H groups in total. The first kappa shape index (κ1) is 14.9. The number of nitrogens with zero attached hydrogens (tertiary/aromatic N) is 1. The van der Waals surface area contributed by atoms with Crippen molar-refractivity contribution < 1.29 is 14.2 Å². The highest BCUT2D eigenvalue weighted by Crippen LogP contribution is 2.35. The van der Waals surface area contributed by atoms with Crippen LogP contribution in [0.5, 0.6) is 5.75 Å². The van der Waals surface area contributed by atoms with Crippen molar-refractivity contribution >= 4 is 11.4 Å². The standard InChI is InChI=1S/C15H23FN2O2/c1-9(2)20-15-7-14(13(17)6-12(15)16)18-5-4-11(8-18)10(3)19/h6-7,9-11,19H,4-5,8,17H2,1-3H3. The molecule has 0 saturated carbocycles. The van der Waals surface area contributed by atoms with Gasteiger partial charge < -0.3 is 20.5 Å². The number of hydrogen-bond donors (Lipinski definition) is 2. The molecule has 0 aromatic heterocycles. The third-order valence-electron chi connectivity index (χ3n) is 3.69. The minimum absolute atomic E-state index is 0.0928. The van der Waals surface area contributed by atoms with E-state index in [1.54, 1.807) is 13.0 Å². The Bertz CT molecular complexity index is 477. The summed E-state index contributed by atoms with van der Waals surface area (Å²) < 4.78 is 19.3. The Labute approximate surface area is 119 Å². The van der Waals surface area contributed by atoms with Gasteiger partial charge in [-0.25, -0.2) is 4.39 Å². The van der Waals surface area contributed by atoms with Gasteiger partial charge in [0.2, 0.25) is 0 Å². The number of ether oxygens (including phenoxy) is 1. The summed E-state index contributed by atoms with van der Waals surface area (Å²) >= 11 is 0. The lowest BCUT2D eigenvalue weighted by Gasteiger charge is -2.23. The molecule has 5 heteroatoms. The Morgan fingerprint density at radius 2 is 2.10 bits per heavy atom. The number of benzene rings is 1. The first-order chi connectivity index (χ1) is 9.38. The second-order valence-corrected chi connectivity index (χ2v) is 5.74. The van der Waals surface area contributed by atoms with Crippen LogP contribution in [0, 0.1) is 11.7 Å². The van der Waals surface area contributed by atoms with Crippen LogP contribution < -0.4 is 15.4 Å². The fraction of sp³-hybridized carbons (Fsp3) is 0.600. The van der Waals surface area contributed by atoms with E-state index in [0.717, 1.165) is 25.2 Å². The molecule has 0 radical (unpaired) electrons. The van der Waals surface area contributed by atoms with Crippen molar-refractivity contribution in [3.8, 4) is 5.75 Å². The van der Waals surface area contributed by atoms with Gasteiger partial charge in [-0.2, -0.15) is 0 Å². The molecular formula is C15H23FN2O2. The summed E-state index contributed by atoms with van der Waals surface area (Å²) in [5.41, 5.74) is 7.11. The van der Waals surface area contributed by atoms with E-state index >= 15 is 0 Å². The van der Waals surface area contributed by atoms with Crippen LogP contribution in [0.4, 0.5) is 15.8 Å². The number of hydrogen-bond acceptors (Lipinski definition) is 4. The molecule has 1 aliphatic rings. The van der Waals surface area contributed by atoms with Crippen LogP contribution in [-0.4, -0.2) is 30.4 Å². The molecule has 2 rings (SSSR count). The molecular weight excluding hydrogens is 259 g/mol. The zero-order valence-electron chi connectivity index (χ0n) is 12.3. The maximum absolute atomic E-state index is 13.8. The molecule has 2 atom stereocenters. The number of nitrogen functional groups attached to an aromatic ring is 1. The van der Waals surface area contributed by atoms with Crippen LogP contribution in [0.25, 0.3) is 0 Å². The van der Waals surface area contributed by atoms with Crippen molar-refractivity contribution in [2.75, 3.05) is 23.7 Å². The quantitative estimate of drug-likeness (QED) is 0.833. The van der Waals surface area contributed by atoms with Crippen LogP contribution in [0.1, 0.15) is 27.2 Å². The van der Waals surface area contributed by atoms with Crippen LogP contribution in [0.3, 0.4) is 0 Å². The lowest BCUT2D eigenvalue weighted by atomic mass is 10.0. The third-order valence-corrected chi connectivity index (χ3v) is 3.69. The predicted molar refractivity (Wildman–Crippen MR) is 78.6 cm³/mol. The van der Waals surface area contributed by atoms with E-state index in [1.165, 1.54) is 6.07 Å². The van der Waals surface area contributed by atoms with Crippen molar-refractivity contribution in [3.05, 3.63) is 17.9 Å². The topological polar surface area (TPSA) is 58.7 Å². The fourth-order valence-corrected chi connectivity index (χ4v) is 2.58. The minimum atomic E-state index is -0.439. The molecule has 1 fully saturated rings. The van der Waals surface area contributed by atoms with Gasteiger partial charge in [-0.3, -0.25) is 0 Å². The Morgan fingerprint density at radius 3 is 2.65 bits per heavy atom. The first-order valence-electron chi connectivity index (χ1n) is 7.07. The Morgan fingerprint density at radius 1 is 1.40 bits per heavy atom. The average Bonchev–Trinajstić information content (AvgIpc) is 2.81. The summed E-state index contributed by atoms with van der Waals surface area (Å²) in [4.78, 5) is 2.08. The van der Waals surface area contributed by atoms with Crippen molar-refractivity contribution in [2.45, 2.75) is 39.4 Å². The van der Waals surface area contributed by atoms with E-state index in [4.69, 9.17) is 10.5 Å². The highest BCUT2D eigenvalue weighted by atomic mass is 19.1. The van der Waals surface area contributed by atoms with Gasteiger partial charge in [0.05, 0.1) is 23.6 Å². The zero-order chi connectivity index (χ0) is 14.9. The summed E-state index contributed by atoms with van der Waals surface area (Å²) in [6.45, 7) is 7.06. The number of halogens is 1. The van der Waals surface area contributed by atoms with E-state index in [9.17, 15) is 9.50 Å². The highest BCUT2D eigenvalue weighted by molar-refractivity contribution is 5.70. The van der Waals surface area contributed by atoms with E-state index in [1.807, 2.05) is 13.8 Å². The number of aliphatic hydroxyl groups is 1. The van der Waals surface area contributed by atoms with Crippen molar-refractivity contribution in [3.63, 3.8) is 0 Å². The molecule has 2 unspecified atom stereocenters. The number of rotatable bonds is 4. The van der Waals surface area contributed by atoms with Crippen LogP contribution in [0.15, 0.2) is 12.1 Å². The van der Waals surface area contributed by atoms with Gasteiger partial charge in [0, 0.05) is 31.1 Å². The molecule has 1 aliphatic heterocycles. The number of aliphatic hydroxyl groups excluding tert-OH is 1. The van der Waals surface area contributed by atoms with Crippen LogP contribution in [0.2, 0.25) is 0 Å². The van der Waals surface area contributed by atoms with E-state index in [2.05, 4.69) is 4.90 Å². The normalized spacial score (nSPS) is 20.5. The lowest BCUT2D eigenvalue weighted by Crippen LogP contribution is -2.24. The zero-order valence-corrected chi connectivity index (χ0v) is 12.3. The predicted octanol–water partition coefficient (Wildman–Crippen LogP) is 2.40. The minimum Gasteiger partial charge on any atom is -0.488 e. The molecule has 0 bridgehead atoms. The van der Waals surface area contributed by atoms with E-state index in [-0.39, 0.29) is 23.9 Å². The molecule has 1 aromatic rings. The fourth-order valence-electron chi connectivity index (χ4n) is 2.58. The van der Waals surface area contributed by atoms with Gasteiger partial charge >= 0.3 is 0 Å².